The van der Waals surface area contributed by atoms with Crippen LogP contribution in [0, 0.1) is 0 Å². The maximum Gasteiger partial charge on any atom is 0.341 e. The third-order valence-electron chi connectivity index (χ3n) is 4.13. The summed E-state index contributed by atoms with van der Waals surface area (Å²) in [5, 5.41) is 11.7. The molecule has 2 aromatic carbocycles. The quantitative estimate of drug-likeness (QED) is 0.886. The fourth-order valence-electron chi connectivity index (χ4n) is 3.02. The molecule has 124 valence electrons. The molecule has 0 aliphatic heterocycles. The number of rotatable bonds is 5. The summed E-state index contributed by atoms with van der Waals surface area (Å²) in [4.78, 5) is 23.1. The Kier molecular flexibility index (Phi) is 4.79. The third kappa shape index (κ3) is 3.74. The number of benzene rings is 2. The number of hydrogen-bond donors (Lipinski definition) is 2. The van der Waals surface area contributed by atoms with Gasteiger partial charge in [-0.2, -0.15) is 0 Å². The number of fused-ring (bicyclic) bond motifs is 1. The van der Waals surface area contributed by atoms with Crippen molar-refractivity contribution >= 4 is 11.9 Å². The van der Waals surface area contributed by atoms with E-state index in [0.717, 1.165) is 19.3 Å². The number of aryl methyl sites for hydroxylation is 1. The molecule has 0 radical (unpaired) electrons. The number of hydrogen-bond acceptors (Lipinski definition) is 3. The molecule has 0 bridgehead atoms. The lowest BCUT2D eigenvalue weighted by atomic mass is 9.87. The van der Waals surface area contributed by atoms with Gasteiger partial charge in [-0.15, -0.1) is 0 Å². The highest BCUT2D eigenvalue weighted by Crippen LogP contribution is 2.29. The second-order valence-corrected chi connectivity index (χ2v) is 5.83. The zero-order valence-corrected chi connectivity index (χ0v) is 13.2. The van der Waals surface area contributed by atoms with Gasteiger partial charge in [0.2, 0.25) is 0 Å². The molecule has 2 N–H and O–H groups in total. The van der Waals surface area contributed by atoms with E-state index in [4.69, 9.17) is 9.84 Å². The topological polar surface area (TPSA) is 75.6 Å². The molecular formula is C19H19NO4. The van der Waals surface area contributed by atoms with Crippen molar-refractivity contribution in [1.29, 1.82) is 0 Å². The van der Waals surface area contributed by atoms with Crippen molar-refractivity contribution in [2.24, 2.45) is 0 Å². The molecule has 1 unspecified atom stereocenters. The predicted molar refractivity (Wildman–Crippen MR) is 89.2 cm³/mol. The summed E-state index contributed by atoms with van der Waals surface area (Å²) in [5.74, 6) is -0.866. The highest BCUT2D eigenvalue weighted by atomic mass is 16.5. The minimum Gasteiger partial charge on any atom is -0.482 e. The molecule has 5 heteroatoms. The van der Waals surface area contributed by atoms with E-state index in [0.29, 0.717) is 11.3 Å². The Bertz CT molecular complexity index is 757. The number of aliphatic carboxylic acids is 1. The van der Waals surface area contributed by atoms with Crippen LogP contribution in [-0.4, -0.2) is 23.6 Å². The highest BCUT2D eigenvalue weighted by Gasteiger charge is 2.22. The molecule has 1 aliphatic carbocycles. The number of amides is 1. The lowest BCUT2D eigenvalue weighted by molar-refractivity contribution is -0.139. The van der Waals surface area contributed by atoms with Gasteiger partial charge in [0.25, 0.3) is 5.91 Å². The van der Waals surface area contributed by atoms with Crippen LogP contribution in [0.25, 0.3) is 0 Å². The monoisotopic (exact) mass is 325 g/mol. The Morgan fingerprint density at radius 2 is 2.00 bits per heavy atom. The van der Waals surface area contributed by atoms with E-state index in [1.165, 1.54) is 11.1 Å². The van der Waals surface area contributed by atoms with Crippen molar-refractivity contribution < 1.29 is 19.4 Å². The Labute approximate surface area is 140 Å². The van der Waals surface area contributed by atoms with E-state index >= 15 is 0 Å². The molecule has 3 rings (SSSR count). The zero-order chi connectivity index (χ0) is 16.9. The Morgan fingerprint density at radius 3 is 2.83 bits per heavy atom. The first kappa shape index (κ1) is 16.1. The van der Waals surface area contributed by atoms with E-state index in [2.05, 4.69) is 17.4 Å². The molecule has 0 saturated heterocycles. The van der Waals surface area contributed by atoms with Gasteiger partial charge in [-0.1, -0.05) is 30.3 Å². The first-order chi connectivity index (χ1) is 11.6. The van der Waals surface area contributed by atoms with Gasteiger partial charge in [-0.05, 0) is 48.6 Å². The summed E-state index contributed by atoms with van der Waals surface area (Å²) in [7, 11) is 0. The van der Waals surface area contributed by atoms with Crippen molar-refractivity contribution in [2.45, 2.75) is 25.3 Å². The van der Waals surface area contributed by atoms with Gasteiger partial charge in [0, 0.05) is 5.56 Å². The predicted octanol–water partition coefficient (Wildman–Crippen LogP) is 2.96. The molecule has 0 saturated carbocycles. The Morgan fingerprint density at radius 1 is 1.17 bits per heavy atom. The molecule has 0 heterocycles. The largest absolute Gasteiger partial charge is 0.482 e. The van der Waals surface area contributed by atoms with E-state index in [1.807, 2.05) is 12.1 Å². The number of carboxylic acid groups (broad SMARTS) is 1. The van der Waals surface area contributed by atoms with Crippen molar-refractivity contribution in [2.75, 3.05) is 6.61 Å². The Hall–Kier alpha value is -2.82. The molecule has 0 spiro atoms. The molecule has 1 aliphatic rings. The smallest absolute Gasteiger partial charge is 0.341 e. The van der Waals surface area contributed by atoms with Crippen LogP contribution in [-0.2, 0) is 11.2 Å². The molecule has 2 aromatic rings. The second-order valence-electron chi connectivity index (χ2n) is 5.83. The Balaban J connectivity index is 1.72. The average molecular weight is 325 g/mol. The van der Waals surface area contributed by atoms with Crippen molar-refractivity contribution in [3.05, 3.63) is 65.2 Å². The fourth-order valence-corrected chi connectivity index (χ4v) is 3.02. The highest BCUT2D eigenvalue weighted by molar-refractivity contribution is 5.94. The van der Waals surface area contributed by atoms with Crippen LogP contribution in [0.3, 0.4) is 0 Å². The van der Waals surface area contributed by atoms with Crippen LogP contribution in [0.15, 0.2) is 48.5 Å². The number of nitrogens with one attached hydrogen (secondary N) is 1. The summed E-state index contributed by atoms with van der Waals surface area (Å²) < 4.78 is 5.12. The maximum absolute atomic E-state index is 12.5. The minimum absolute atomic E-state index is 0.00560. The van der Waals surface area contributed by atoms with Crippen molar-refractivity contribution in [1.82, 2.24) is 5.32 Å². The van der Waals surface area contributed by atoms with E-state index < -0.39 is 12.6 Å². The maximum atomic E-state index is 12.5. The summed E-state index contributed by atoms with van der Waals surface area (Å²) in [6.07, 6.45) is 3.00. The van der Waals surface area contributed by atoms with E-state index in [9.17, 15) is 9.59 Å². The van der Waals surface area contributed by atoms with Gasteiger partial charge in [0.15, 0.2) is 6.61 Å². The van der Waals surface area contributed by atoms with Gasteiger partial charge in [-0.3, -0.25) is 4.79 Å². The van der Waals surface area contributed by atoms with Gasteiger partial charge in [0.05, 0.1) is 6.04 Å². The molecular weight excluding hydrogens is 306 g/mol. The fraction of sp³-hybridized carbons (Fsp3) is 0.263. The minimum atomic E-state index is -1.05. The first-order valence-corrected chi connectivity index (χ1v) is 7.97. The van der Waals surface area contributed by atoms with Gasteiger partial charge < -0.3 is 15.2 Å². The van der Waals surface area contributed by atoms with E-state index in [1.54, 1.807) is 24.3 Å². The number of carbonyl (C=O) groups is 2. The van der Waals surface area contributed by atoms with E-state index in [-0.39, 0.29) is 11.9 Å². The summed E-state index contributed by atoms with van der Waals surface area (Å²) in [5.41, 5.74) is 2.92. The van der Waals surface area contributed by atoms with Crippen molar-refractivity contribution in [3.8, 4) is 5.75 Å². The normalized spacial score (nSPS) is 16.1. The van der Waals surface area contributed by atoms with Crippen LogP contribution in [0.5, 0.6) is 5.75 Å². The molecule has 1 atom stereocenters. The zero-order valence-electron chi connectivity index (χ0n) is 13.2. The van der Waals surface area contributed by atoms with Gasteiger partial charge in [0.1, 0.15) is 5.75 Å². The number of ether oxygens (including phenoxy) is 1. The van der Waals surface area contributed by atoms with Gasteiger partial charge >= 0.3 is 5.97 Å². The third-order valence-corrected chi connectivity index (χ3v) is 4.13. The van der Waals surface area contributed by atoms with Crippen molar-refractivity contribution in [3.63, 3.8) is 0 Å². The van der Waals surface area contributed by atoms with Crippen LogP contribution >= 0.6 is 0 Å². The van der Waals surface area contributed by atoms with Crippen LogP contribution < -0.4 is 10.1 Å². The lowest BCUT2D eigenvalue weighted by Crippen LogP contribution is -2.31. The van der Waals surface area contributed by atoms with Crippen LogP contribution in [0.2, 0.25) is 0 Å². The number of carbonyl (C=O) groups excluding carboxylic acids is 1. The molecule has 0 fully saturated rings. The average Bonchev–Trinajstić information content (AvgIpc) is 2.60. The molecule has 5 nitrogen and oxygen atoms in total. The second kappa shape index (κ2) is 7.17. The van der Waals surface area contributed by atoms with Crippen LogP contribution in [0.1, 0.15) is 40.4 Å². The standard InChI is InChI=1S/C19H19NO4/c21-18(22)12-24-15-8-3-7-14(11-15)19(23)20-17-10-4-6-13-5-1-2-9-16(13)17/h1-3,5,7-9,11,17H,4,6,10,12H2,(H,20,23)(H,21,22). The number of carboxylic acids is 1. The summed E-state index contributed by atoms with van der Waals surface area (Å²) in [6, 6.07) is 14.8. The summed E-state index contributed by atoms with van der Waals surface area (Å²) in [6.45, 7) is -0.429. The van der Waals surface area contributed by atoms with Crippen LogP contribution in [0.4, 0.5) is 0 Å². The summed E-state index contributed by atoms with van der Waals surface area (Å²) >= 11 is 0. The van der Waals surface area contributed by atoms with Gasteiger partial charge in [-0.25, -0.2) is 4.79 Å². The lowest BCUT2D eigenvalue weighted by Gasteiger charge is -2.26. The molecule has 1 amide bonds. The molecule has 0 aromatic heterocycles. The molecule has 24 heavy (non-hydrogen) atoms. The SMILES string of the molecule is O=C(O)COc1cccc(C(=O)NC2CCCc3ccccc32)c1. The first-order valence-electron chi connectivity index (χ1n) is 7.97.